The van der Waals surface area contributed by atoms with Gasteiger partial charge in [-0.15, -0.1) is 0 Å². The molecule has 0 aliphatic carbocycles. The largest absolute Gasteiger partial charge is 0.497 e. The van der Waals surface area contributed by atoms with E-state index in [9.17, 15) is 8.42 Å². The van der Waals surface area contributed by atoms with Crippen LogP contribution in [0.5, 0.6) is 5.75 Å². The summed E-state index contributed by atoms with van der Waals surface area (Å²) >= 11 is 0. The van der Waals surface area contributed by atoms with E-state index in [0.717, 1.165) is 12.8 Å². The number of nitrogen functional groups attached to an aromatic ring is 1. The first-order valence-corrected chi connectivity index (χ1v) is 7.38. The maximum Gasteiger partial charge on any atom is 0.242 e. The summed E-state index contributed by atoms with van der Waals surface area (Å²) in [6, 6.07) is 4.47. The number of benzene rings is 1. The molecule has 6 heteroatoms. The van der Waals surface area contributed by atoms with Crippen LogP contribution in [0.4, 0.5) is 5.69 Å². The molecule has 0 amide bonds. The minimum Gasteiger partial charge on any atom is -0.497 e. The van der Waals surface area contributed by atoms with Gasteiger partial charge in [0.1, 0.15) is 10.6 Å². The molecule has 0 heterocycles. The Morgan fingerprint density at radius 1 is 1.33 bits per heavy atom. The molecule has 0 atom stereocenters. The molecule has 0 unspecified atom stereocenters. The SMILES string of the molecule is CCC(CC)NS(=O)(=O)c1ccc(OC)cc1N. The first kappa shape index (κ1) is 14.8. The Kier molecular flexibility index (Phi) is 4.98. The van der Waals surface area contributed by atoms with Crippen molar-refractivity contribution in [2.24, 2.45) is 0 Å². The minimum absolute atomic E-state index is 0.0727. The molecule has 1 rings (SSSR count). The highest BCUT2D eigenvalue weighted by atomic mass is 32.2. The van der Waals surface area contributed by atoms with Gasteiger partial charge < -0.3 is 10.5 Å². The highest BCUT2D eigenvalue weighted by molar-refractivity contribution is 7.89. The smallest absolute Gasteiger partial charge is 0.242 e. The normalized spacial score (nSPS) is 11.8. The fourth-order valence-corrected chi connectivity index (χ4v) is 3.15. The quantitative estimate of drug-likeness (QED) is 0.773. The second kappa shape index (κ2) is 6.06. The summed E-state index contributed by atoms with van der Waals surface area (Å²) in [5.41, 5.74) is 5.93. The number of anilines is 1. The Hall–Kier alpha value is -1.27. The van der Waals surface area contributed by atoms with Gasteiger partial charge in [-0.1, -0.05) is 13.8 Å². The molecular weight excluding hydrogens is 252 g/mol. The number of ether oxygens (including phenoxy) is 1. The predicted octanol–water partition coefficient (Wildman–Crippen LogP) is 1.74. The fraction of sp³-hybridized carbons (Fsp3) is 0.500. The Bertz CT molecular complexity index is 496. The second-order valence-electron chi connectivity index (χ2n) is 4.04. The van der Waals surface area contributed by atoms with Gasteiger partial charge in [0.2, 0.25) is 10.0 Å². The average molecular weight is 272 g/mol. The first-order valence-electron chi connectivity index (χ1n) is 5.90. The number of hydrogen-bond donors (Lipinski definition) is 2. The third-order valence-corrected chi connectivity index (χ3v) is 4.41. The number of sulfonamides is 1. The number of nitrogens with two attached hydrogens (primary N) is 1. The summed E-state index contributed by atoms with van der Waals surface area (Å²) in [6.07, 6.45) is 1.48. The maximum absolute atomic E-state index is 12.1. The fourth-order valence-electron chi connectivity index (χ4n) is 1.64. The molecule has 0 fully saturated rings. The zero-order valence-electron chi connectivity index (χ0n) is 10.9. The van der Waals surface area contributed by atoms with Crippen molar-refractivity contribution in [3.8, 4) is 5.75 Å². The zero-order chi connectivity index (χ0) is 13.8. The van der Waals surface area contributed by atoms with E-state index in [-0.39, 0.29) is 16.6 Å². The highest BCUT2D eigenvalue weighted by Gasteiger charge is 2.20. The summed E-state index contributed by atoms with van der Waals surface area (Å²) in [7, 11) is -2.06. The molecule has 0 saturated carbocycles. The summed E-state index contributed by atoms with van der Waals surface area (Å²) in [4.78, 5) is 0.0928. The molecule has 0 saturated heterocycles. The van der Waals surface area contributed by atoms with Crippen molar-refractivity contribution in [3.63, 3.8) is 0 Å². The highest BCUT2D eigenvalue weighted by Crippen LogP contribution is 2.24. The lowest BCUT2D eigenvalue weighted by Gasteiger charge is -2.16. The van der Waals surface area contributed by atoms with Gasteiger partial charge in [0, 0.05) is 12.1 Å². The zero-order valence-corrected chi connectivity index (χ0v) is 11.8. The minimum atomic E-state index is -3.57. The van der Waals surface area contributed by atoms with Crippen molar-refractivity contribution in [1.82, 2.24) is 4.72 Å². The van der Waals surface area contributed by atoms with Crippen molar-refractivity contribution >= 4 is 15.7 Å². The number of rotatable bonds is 6. The van der Waals surface area contributed by atoms with Gasteiger partial charge >= 0.3 is 0 Å². The number of nitrogens with one attached hydrogen (secondary N) is 1. The monoisotopic (exact) mass is 272 g/mol. The van der Waals surface area contributed by atoms with Crippen LogP contribution in [0, 0.1) is 0 Å². The lowest BCUT2D eigenvalue weighted by Crippen LogP contribution is -2.34. The first-order chi connectivity index (χ1) is 8.44. The molecule has 0 aliphatic rings. The Morgan fingerprint density at radius 2 is 1.94 bits per heavy atom. The molecule has 5 nitrogen and oxygen atoms in total. The van der Waals surface area contributed by atoms with Crippen molar-refractivity contribution in [3.05, 3.63) is 18.2 Å². The van der Waals surface area contributed by atoms with Crippen LogP contribution in [0.15, 0.2) is 23.1 Å². The van der Waals surface area contributed by atoms with Crippen LogP contribution in [0.25, 0.3) is 0 Å². The summed E-state index contributed by atoms with van der Waals surface area (Å²) < 4.78 is 31.9. The Morgan fingerprint density at radius 3 is 2.39 bits per heavy atom. The molecule has 0 bridgehead atoms. The van der Waals surface area contributed by atoms with E-state index >= 15 is 0 Å². The van der Waals surface area contributed by atoms with Crippen LogP contribution >= 0.6 is 0 Å². The molecule has 0 spiro atoms. The van der Waals surface area contributed by atoms with E-state index in [1.54, 1.807) is 6.07 Å². The van der Waals surface area contributed by atoms with E-state index < -0.39 is 10.0 Å². The van der Waals surface area contributed by atoms with Crippen LogP contribution in [-0.4, -0.2) is 21.6 Å². The van der Waals surface area contributed by atoms with Crippen LogP contribution in [-0.2, 0) is 10.0 Å². The van der Waals surface area contributed by atoms with Crippen LogP contribution < -0.4 is 15.2 Å². The third kappa shape index (κ3) is 3.36. The van der Waals surface area contributed by atoms with E-state index in [1.807, 2.05) is 13.8 Å². The summed E-state index contributed by atoms with van der Waals surface area (Å²) in [5.74, 6) is 0.536. The van der Waals surface area contributed by atoms with Gasteiger partial charge in [-0.3, -0.25) is 0 Å². The second-order valence-corrected chi connectivity index (χ2v) is 5.72. The van der Waals surface area contributed by atoms with Gasteiger partial charge in [-0.2, -0.15) is 0 Å². The van der Waals surface area contributed by atoms with Crippen molar-refractivity contribution in [1.29, 1.82) is 0 Å². The van der Waals surface area contributed by atoms with E-state index in [1.165, 1.54) is 19.2 Å². The van der Waals surface area contributed by atoms with Crippen molar-refractivity contribution in [2.45, 2.75) is 37.6 Å². The van der Waals surface area contributed by atoms with Crippen molar-refractivity contribution < 1.29 is 13.2 Å². The Balaban J connectivity index is 3.05. The molecule has 18 heavy (non-hydrogen) atoms. The maximum atomic E-state index is 12.1. The van der Waals surface area contributed by atoms with Crippen LogP contribution in [0.1, 0.15) is 26.7 Å². The molecule has 102 valence electrons. The van der Waals surface area contributed by atoms with Crippen molar-refractivity contribution in [2.75, 3.05) is 12.8 Å². The lowest BCUT2D eigenvalue weighted by atomic mass is 10.2. The molecule has 1 aromatic rings. The topological polar surface area (TPSA) is 81.4 Å². The molecule has 0 aromatic heterocycles. The lowest BCUT2D eigenvalue weighted by molar-refractivity contribution is 0.414. The summed E-state index contributed by atoms with van der Waals surface area (Å²) in [5, 5.41) is 0. The number of hydrogen-bond acceptors (Lipinski definition) is 4. The van der Waals surface area contributed by atoms with E-state index in [4.69, 9.17) is 10.5 Å². The molecule has 3 N–H and O–H groups in total. The van der Waals surface area contributed by atoms with Gasteiger partial charge in [0.15, 0.2) is 0 Å². The molecule has 0 aliphatic heterocycles. The van der Waals surface area contributed by atoms with Gasteiger partial charge in [-0.05, 0) is 25.0 Å². The van der Waals surface area contributed by atoms with Gasteiger partial charge in [-0.25, -0.2) is 13.1 Å². The average Bonchev–Trinajstić information content (AvgIpc) is 2.35. The third-order valence-electron chi connectivity index (χ3n) is 2.81. The van der Waals surface area contributed by atoms with Crippen LogP contribution in [0.2, 0.25) is 0 Å². The standard InChI is InChI=1S/C12H20N2O3S/c1-4-9(5-2)14-18(15,16)12-7-6-10(17-3)8-11(12)13/h6-9,14H,4-5,13H2,1-3H3. The van der Waals surface area contributed by atoms with E-state index in [0.29, 0.717) is 5.75 Å². The van der Waals surface area contributed by atoms with Gasteiger partial charge in [0.25, 0.3) is 0 Å². The molecular formula is C12H20N2O3S. The van der Waals surface area contributed by atoms with E-state index in [2.05, 4.69) is 4.72 Å². The summed E-state index contributed by atoms with van der Waals surface area (Å²) in [6.45, 7) is 3.88. The predicted molar refractivity (Wildman–Crippen MR) is 72.1 cm³/mol. The molecule has 0 radical (unpaired) electrons. The molecule has 1 aromatic carbocycles. The van der Waals surface area contributed by atoms with Crippen LogP contribution in [0.3, 0.4) is 0 Å². The number of methoxy groups -OCH3 is 1. The van der Waals surface area contributed by atoms with Gasteiger partial charge in [0.05, 0.1) is 12.8 Å². The Labute approximate surface area is 108 Å².